The summed E-state index contributed by atoms with van der Waals surface area (Å²) in [6.07, 6.45) is 0.546. The van der Waals surface area contributed by atoms with Gasteiger partial charge in [-0.3, -0.25) is 0 Å². The van der Waals surface area contributed by atoms with Crippen LogP contribution in [-0.4, -0.2) is 13.1 Å². The number of aryl methyl sites for hydroxylation is 1. The summed E-state index contributed by atoms with van der Waals surface area (Å²) >= 11 is 0. The van der Waals surface area contributed by atoms with Crippen LogP contribution in [0, 0.1) is 12.7 Å². The summed E-state index contributed by atoms with van der Waals surface area (Å²) in [7, 11) is 0. The first kappa shape index (κ1) is 14.5. The molecule has 0 radical (unpaired) electrons. The molecule has 0 aliphatic carbocycles. The molecule has 0 heterocycles. The van der Waals surface area contributed by atoms with Crippen LogP contribution >= 0.6 is 0 Å². The molecule has 2 nitrogen and oxygen atoms in total. The first-order chi connectivity index (χ1) is 9.69. The van der Waals surface area contributed by atoms with E-state index in [1.54, 1.807) is 6.07 Å². The van der Waals surface area contributed by atoms with Crippen LogP contribution in [0.4, 0.5) is 15.8 Å². The molecular weight excluding hydrogens is 251 g/mol. The van der Waals surface area contributed by atoms with Gasteiger partial charge in [0.15, 0.2) is 0 Å². The molecule has 0 aromatic heterocycles. The van der Waals surface area contributed by atoms with Crippen LogP contribution in [-0.2, 0) is 6.42 Å². The largest absolute Gasteiger partial charge is 0.341 e. The fraction of sp³-hybridized carbons (Fsp3) is 0.294. The molecule has 2 aromatic rings. The van der Waals surface area contributed by atoms with E-state index in [-0.39, 0.29) is 5.82 Å². The second kappa shape index (κ2) is 6.53. The third-order valence-electron chi connectivity index (χ3n) is 3.50. The predicted octanol–water partition coefficient (Wildman–Crippen LogP) is 3.79. The second-order valence-corrected chi connectivity index (χ2v) is 4.81. The van der Waals surface area contributed by atoms with Crippen LogP contribution in [0.5, 0.6) is 0 Å². The Morgan fingerprint density at radius 2 is 1.75 bits per heavy atom. The van der Waals surface area contributed by atoms with Gasteiger partial charge in [-0.1, -0.05) is 24.3 Å². The molecule has 2 N–H and O–H groups in total. The van der Waals surface area contributed by atoms with Crippen molar-refractivity contribution < 1.29 is 4.39 Å². The lowest BCUT2D eigenvalue weighted by Crippen LogP contribution is -2.20. The lowest BCUT2D eigenvalue weighted by Gasteiger charge is -2.27. The number of hydrogen-bond donors (Lipinski definition) is 1. The van der Waals surface area contributed by atoms with Gasteiger partial charge in [0.25, 0.3) is 0 Å². The Bertz CT molecular complexity index is 581. The third-order valence-corrected chi connectivity index (χ3v) is 3.50. The van der Waals surface area contributed by atoms with Crippen molar-refractivity contribution in [1.82, 2.24) is 0 Å². The van der Waals surface area contributed by atoms with Crippen LogP contribution < -0.4 is 10.6 Å². The lowest BCUT2D eigenvalue weighted by molar-refractivity contribution is 0.609. The Balaban J connectivity index is 2.53. The van der Waals surface area contributed by atoms with Crippen molar-refractivity contribution in [3.05, 3.63) is 59.4 Å². The molecule has 0 spiro atoms. The molecule has 20 heavy (non-hydrogen) atoms. The second-order valence-electron chi connectivity index (χ2n) is 4.81. The van der Waals surface area contributed by atoms with Crippen molar-refractivity contribution in [1.29, 1.82) is 0 Å². The Labute approximate surface area is 120 Å². The number of benzene rings is 2. The van der Waals surface area contributed by atoms with Crippen LogP contribution in [0.3, 0.4) is 0 Å². The van der Waals surface area contributed by atoms with Gasteiger partial charge < -0.3 is 10.6 Å². The molecule has 2 rings (SSSR count). The van der Waals surface area contributed by atoms with E-state index >= 15 is 0 Å². The van der Waals surface area contributed by atoms with Crippen molar-refractivity contribution in [3.8, 4) is 0 Å². The highest BCUT2D eigenvalue weighted by molar-refractivity contribution is 5.69. The van der Waals surface area contributed by atoms with Gasteiger partial charge in [-0.05, 0) is 50.6 Å². The number of hydrogen-bond acceptors (Lipinski definition) is 2. The number of anilines is 2. The summed E-state index contributed by atoms with van der Waals surface area (Å²) in [5.41, 5.74) is 9.52. The van der Waals surface area contributed by atoms with Crippen molar-refractivity contribution in [3.63, 3.8) is 0 Å². The summed E-state index contributed by atoms with van der Waals surface area (Å²) in [5, 5.41) is 0. The molecule has 0 aliphatic rings. The molecule has 0 aliphatic heterocycles. The first-order valence-corrected chi connectivity index (χ1v) is 6.99. The highest BCUT2D eigenvalue weighted by Gasteiger charge is 2.15. The van der Waals surface area contributed by atoms with E-state index in [2.05, 4.69) is 30.9 Å². The predicted molar refractivity (Wildman–Crippen MR) is 83.0 cm³/mol. The van der Waals surface area contributed by atoms with E-state index in [1.165, 1.54) is 11.6 Å². The highest BCUT2D eigenvalue weighted by Crippen LogP contribution is 2.32. The summed E-state index contributed by atoms with van der Waals surface area (Å²) in [6, 6.07) is 13.4. The first-order valence-electron chi connectivity index (χ1n) is 6.99. The van der Waals surface area contributed by atoms with Crippen LogP contribution in [0.25, 0.3) is 0 Å². The summed E-state index contributed by atoms with van der Waals surface area (Å²) < 4.78 is 14.1. The standard InChI is InChI=1S/C17H21FN2/c1-3-20(16-9-5-4-7-13(16)2)17-10-6-8-15(18)14(17)11-12-19/h4-10H,3,11-12,19H2,1-2H3. The normalized spacial score (nSPS) is 10.6. The average Bonchev–Trinajstić information content (AvgIpc) is 2.45. The quantitative estimate of drug-likeness (QED) is 0.897. The maximum atomic E-state index is 14.1. The number of halogens is 1. The zero-order chi connectivity index (χ0) is 14.5. The molecule has 106 valence electrons. The maximum Gasteiger partial charge on any atom is 0.128 e. The fourth-order valence-electron chi connectivity index (χ4n) is 2.53. The minimum atomic E-state index is -0.181. The van der Waals surface area contributed by atoms with Gasteiger partial charge in [0.1, 0.15) is 5.82 Å². The van der Waals surface area contributed by atoms with Crippen LogP contribution in [0.2, 0.25) is 0 Å². The molecule has 0 atom stereocenters. The van der Waals surface area contributed by atoms with Gasteiger partial charge in [-0.2, -0.15) is 0 Å². The topological polar surface area (TPSA) is 29.3 Å². The Morgan fingerprint density at radius 1 is 1.05 bits per heavy atom. The Kier molecular flexibility index (Phi) is 4.74. The van der Waals surface area contributed by atoms with Gasteiger partial charge in [0.2, 0.25) is 0 Å². The summed E-state index contributed by atoms with van der Waals surface area (Å²) in [5.74, 6) is -0.181. The SMILES string of the molecule is CCN(c1ccccc1C)c1cccc(F)c1CCN. The van der Waals surface area contributed by atoms with Crippen molar-refractivity contribution in [2.75, 3.05) is 18.0 Å². The average molecular weight is 272 g/mol. The highest BCUT2D eigenvalue weighted by atomic mass is 19.1. The van der Waals surface area contributed by atoms with Crippen molar-refractivity contribution in [2.24, 2.45) is 5.73 Å². The van der Waals surface area contributed by atoms with Crippen LogP contribution in [0.15, 0.2) is 42.5 Å². The minimum Gasteiger partial charge on any atom is -0.341 e. The van der Waals surface area contributed by atoms with Crippen LogP contribution in [0.1, 0.15) is 18.1 Å². The number of nitrogens with zero attached hydrogens (tertiary/aromatic N) is 1. The van der Waals surface area contributed by atoms with E-state index in [9.17, 15) is 4.39 Å². The summed E-state index contributed by atoms with van der Waals surface area (Å²) in [4.78, 5) is 2.14. The van der Waals surface area contributed by atoms with Gasteiger partial charge >= 0.3 is 0 Å². The lowest BCUT2D eigenvalue weighted by atomic mass is 10.1. The summed E-state index contributed by atoms with van der Waals surface area (Å²) in [6.45, 7) is 5.37. The van der Waals surface area contributed by atoms with Gasteiger partial charge in [-0.15, -0.1) is 0 Å². The third kappa shape index (κ3) is 2.83. The Morgan fingerprint density at radius 3 is 2.40 bits per heavy atom. The van der Waals surface area contributed by atoms with Gasteiger partial charge in [-0.25, -0.2) is 4.39 Å². The molecule has 0 fully saturated rings. The number of para-hydroxylation sites is 1. The van der Waals surface area contributed by atoms with E-state index in [0.717, 1.165) is 17.9 Å². The fourth-order valence-corrected chi connectivity index (χ4v) is 2.53. The zero-order valence-corrected chi connectivity index (χ0v) is 12.1. The Hall–Kier alpha value is -1.87. The molecule has 0 bridgehead atoms. The van der Waals surface area contributed by atoms with Crippen molar-refractivity contribution in [2.45, 2.75) is 20.3 Å². The van der Waals surface area contributed by atoms with Gasteiger partial charge in [0, 0.05) is 23.5 Å². The molecule has 0 saturated heterocycles. The molecule has 0 saturated carbocycles. The molecule has 0 amide bonds. The molecular formula is C17H21FN2. The van der Waals surface area contributed by atoms with E-state index in [0.29, 0.717) is 18.5 Å². The smallest absolute Gasteiger partial charge is 0.128 e. The van der Waals surface area contributed by atoms with Crippen molar-refractivity contribution >= 4 is 11.4 Å². The number of rotatable bonds is 5. The zero-order valence-electron chi connectivity index (χ0n) is 12.1. The molecule has 0 unspecified atom stereocenters. The maximum absolute atomic E-state index is 14.1. The van der Waals surface area contributed by atoms with E-state index < -0.39 is 0 Å². The van der Waals surface area contributed by atoms with E-state index in [1.807, 2.05) is 18.2 Å². The molecule has 3 heteroatoms. The number of nitrogens with two attached hydrogens (primary N) is 1. The monoisotopic (exact) mass is 272 g/mol. The minimum absolute atomic E-state index is 0.181. The molecule has 2 aromatic carbocycles. The van der Waals surface area contributed by atoms with E-state index in [4.69, 9.17) is 5.73 Å². The van der Waals surface area contributed by atoms with Gasteiger partial charge in [0.05, 0.1) is 0 Å².